The van der Waals surface area contributed by atoms with Gasteiger partial charge in [-0.05, 0) is 273 Å². The molecule has 27 heteroatoms. The van der Waals surface area contributed by atoms with Gasteiger partial charge in [0.25, 0.3) is 0 Å². The number of hydrogen-bond acceptors (Lipinski definition) is 18. The fraction of sp³-hybridized carbons (Fsp3) is 0.854. The van der Waals surface area contributed by atoms with Crippen molar-refractivity contribution in [3.8, 4) is 0 Å². The summed E-state index contributed by atoms with van der Waals surface area (Å²) in [5.41, 5.74) is 10.8. The molecule has 27 nitrogen and oxygen atoms in total. The van der Waals surface area contributed by atoms with E-state index in [-0.39, 0.29) is 22.3 Å². The van der Waals surface area contributed by atoms with Crippen molar-refractivity contribution in [2.75, 3.05) is 0 Å². The number of aryl methyl sites for hydroxylation is 15. The molecule has 0 aliphatic carbocycles. The van der Waals surface area contributed by atoms with Crippen LogP contribution in [-0.2, 0) is 117 Å². The van der Waals surface area contributed by atoms with E-state index in [4.69, 9.17) is 0 Å². The zero-order valence-electron chi connectivity index (χ0n) is 102. The first kappa shape index (κ1) is 146. The molecule has 0 bridgehead atoms. The van der Waals surface area contributed by atoms with E-state index < -0.39 is 0 Å². The first-order valence-electron chi connectivity index (χ1n) is 59.7. The van der Waals surface area contributed by atoms with Crippen molar-refractivity contribution in [1.29, 1.82) is 0 Å². The topological polar surface area (TPSA) is 276 Å². The van der Waals surface area contributed by atoms with E-state index in [1.807, 2.05) is 48.2 Å². The zero-order chi connectivity index (χ0) is 110. The van der Waals surface area contributed by atoms with Crippen LogP contribution >= 0.6 is 0 Å². The second-order valence-electron chi connectivity index (χ2n) is 50.0. The molecular formula is C123H243N27. The molecule has 9 aromatic rings. The smallest absolute Gasteiger partial charge is 0.0829 e. The molecule has 0 unspecified atom stereocenters. The van der Waals surface area contributed by atoms with Crippen LogP contribution in [0.3, 0.4) is 0 Å². The van der Waals surface area contributed by atoms with Crippen LogP contribution in [0.15, 0.2) is 55.8 Å². The van der Waals surface area contributed by atoms with Crippen LogP contribution in [0.25, 0.3) is 0 Å². The fourth-order valence-corrected chi connectivity index (χ4v) is 16.2. The Balaban J connectivity index is -0.00000162. The van der Waals surface area contributed by atoms with Crippen molar-refractivity contribution >= 4 is 0 Å². The molecule has 0 fully saturated rings. The van der Waals surface area contributed by atoms with Gasteiger partial charge in [-0.1, -0.05) is 402 Å². The molecule has 0 amide bonds. The van der Waals surface area contributed by atoms with Crippen molar-refractivity contribution < 1.29 is 0 Å². The third kappa shape index (κ3) is 84.6. The SMILES string of the molecule is C.C.C.CC(C)CCCCn1cc(CC(C)C)nn1.CC(C)CCCCn1cc(CCC(C)C)nn1.CC(C)CCCCn1nncc1CC(C)C.CC(C)CCCCn1nncc1CCC(C)C.CC(C)CCCCn1nncc1CCCC(C)C.CC(C)CCCc1cn(CC(C)C)nn1.CC(C)CCCc1cn(CCC(C)C)nn1.CC(C)CCCn1cc(CCC(C)C)nn1.CC(C)CCCn1nncc1CCC(C)C. The molecule has 9 rings (SSSR count). The van der Waals surface area contributed by atoms with E-state index in [2.05, 4.69) is 392 Å². The molecule has 0 spiro atoms. The summed E-state index contributed by atoms with van der Waals surface area (Å²) in [4.78, 5) is 0. The molecule has 0 saturated heterocycles. The van der Waals surface area contributed by atoms with Gasteiger partial charge in [0.2, 0.25) is 0 Å². The molecule has 0 N–H and O–H groups in total. The van der Waals surface area contributed by atoms with Gasteiger partial charge in [0.1, 0.15) is 0 Å². The quantitative estimate of drug-likeness (QED) is 0.0320. The van der Waals surface area contributed by atoms with Crippen molar-refractivity contribution in [3.63, 3.8) is 0 Å². The summed E-state index contributed by atoms with van der Waals surface area (Å²) in [6, 6.07) is 0. The van der Waals surface area contributed by atoms with Crippen LogP contribution < -0.4 is 0 Å². The van der Waals surface area contributed by atoms with E-state index >= 15 is 0 Å². The molecule has 0 aliphatic heterocycles. The summed E-state index contributed by atoms with van der Waals surface area (Å²) in [6.07, 6.45) is 65.4. The van der Waals surface area contributed by atoms with Gasteiger partial charge in [-0.2, -0.15) is 0 Å². The molecule has 150 heavy (non-hydrogen) atoms. The average molecular weight is 2100 g/mol. The van der Waals surface area contributed by atoms with Gasteiger partial charge in [0.15, 0.2) is 0 Å². The van der Waals surface area contributed by atoms with Gasteiger partial charge >= 0.3 is 0 Å². The van der Waals surface area contributed by atoms with Crippen LogP contribution in [-0.4, -0.2) is 135 Å². The minimum absolute atomic E-state index is 0. The molecule has 0 aromatic carbocycles. The summed E-state index contributed by atoms with van der Waals surface area (Å²) in [5, 5.41) is 74.5. The number of nitrogens with zero attached hydrogens (tertiary/aromatic N) is 27. The number of aromatic nitrogens is 27. The number of hydrogen-bond donors (Lipinski definition) is 0. The second kappa shape index (κ2) is 90.5. The highest BCUT2D eigenvalue weighted by Gasteiger charge is 2.15. The normalized spacial score (nSPS) is 11.4. The van der Waals surface area contributed by atoms with Crippen molar-refractivity contribution in [2.45, 2.75) is 581 Å². The van der Waals surface area contributed by atoms with Crippen molar-refractivity contribution in [1.82, 2.24) is 135 Å². The van der Waals surface area contributed by atoms with Gasteiger partial charge in [0, 0.05) is 89.9 Å². The van der Waals surface area contributed by atoms with E-state index in [9.17, 15) is 0 Å². The van der Waals surface area contributed by atoms with E-state index in [1.165, 1.54) is 215 Å². The molecule has 870 valence electrons. The maximum Gasteiger partial charge on any atom is 0.0829 e. The Hall–Kier alpha value is -7.74. The molecule has 0 saturated carbocycles. The Bertz CT molecular complexity index is 4320. The molecule has 0 aliphatic rings. The highest BCUT2D eigenvalue weighted by Crippen LogP contribution is 2.21. The molecule has 9 heterocycles. The summed E-state index contributed by atoms with van der Waals surface area (Å²) in [6.45, 7) is 90.3. The molecule has 0 atom stereocenters. The van der Waals surface area contributed by atoms with Crippen molar-refractivity contribution in [2.24, 2.45) is 107 Å². The van der Waals surface area contributed by atoms with Gasteiger partial charge in [-0.15, -0.1) is 45.9 Å². The van der Waals surface area contributed by atoms with E-state index in [0.29, 0.717) is 17.8 Å². The number of rotatable bonds is 66. The predicted molar refractivity (Wildman–Crippen MR) is 639 cm³/mol. The van der Waals surface area contributed by atoms with Gasteiger partial charge < -0.3 is 0 Å². The largest absolute Gasteiger partial charge is 0.252 e. The minimum atomic E-state index is 0. The Morgan fingerprint density at radius 1 is 0.167 bits per heavy atom. The highest BCUT2D eigenvalue weighted by molar-refractivity contribution is 5.00. The Morgan fingerprint density at radius 2 is 0.387 bits per heavy atom. The van der Waals surface area contributed by atoms with Crippen molar-refractivity contribution in [3.05, 3.63) is 107 Å². The summed E-state index contributed by atoms with van der Waals surface area (Å²) < 4.78 is 18.2. The minimum Gasteiger partial charge on any atom is -0.252 e. The van der Waals surface area contributed by atoms with Gasteiger partial charge in [-0.3, -0.25) is 23.4 Å². The van der Waals surface area contributed by atoms with Gasteiger partial charge in [0.05, 0.1) is 76.0 Å². The lowest BCUT2D eigenvalue weighted by Gasteiger charge is -2.08. The lowest BCUT2D eigenvalue weighted by Crippen LogP contribution is -2.08. The predicted octanol–water partition coefficient (Wildman–Crippen LogP) is 32.8. The standard InChI is InChI=1S/C15H29N3.2C14H27N3.5C13H25N3.C12H23N3.3CH4/c1-13(2)8-5-6-11-18-15(12-16-17-18)10-7-9-14(3)4;1-12(2)7-5-6-10-17-11-14(15-16-17)9-8-13(3)4;1-12(2)7-5-6-10-17-14(11-15-16-17)9-8-13(3)4;1-11(2)6-5-9-16-10-13(14-15-16)8-7-12(3)4;1-11(2)6-5-9-16-13(10-14-15-16)8-7-12(3)4;1-11(2)6-5-7-13-10-16(15-14-13)9-8-12(3)4;1-11(2)7-5-6-8-16-10-13(14-15-16)9-12(3)4;1-11(2)7-5-6-8-16-13(9-12(3)4)10-14-15-16;1-10(2)6-5-7-12-9-15(14-13-12)8-11(3)4;;;/h12-14H,5-11H2,1-4H3;2*11-13H,5-10H2,1-4H3;5*10-12H,5-9H2,1-4H3;9-11H,5-8H2,1-4H3;3*1H4. The first-order valence-corrected chi connectivity index (χ1v) is 59.7. The third-order valence-corrected chi connectivity index (χ3v) is 25.4. The maximum atomic E-state index is 4.21. The van der Waals surface area contributed by atoms with E-state index in [1.54, 1.807) is 0 Å². The summed E-state index contributed by atoms with van der Waals surface area (Å²) in [7, 11) is 0. The highest BCUT2D eigenvalue weighted by atomic mass is 15.5. The zero-order valence-corrected chi connectivity index (χ0v) is 102. The monoisotopic (exact) mass is 2100 g/mol. The maximum absolute atomic E-state index is 4.21. The summed E-state index contributed by atoms with van der Waals surface area (Å²) >= 11 is 0. The summed E-state index contributed by atoms with van der Waals surface area (Å²) in [5.74, 6) is 13.7. The van der Waals surface area contributed by atoms with Crippen LogP contribution in [0.4, 0.5) is 0 Å². The Morgan fingerprint density at radius 3 is 0.700 bits per heavy atom. The van der Waals surface area contributed by atoms with Crippen LogP contribution in [0.2, 0.25) is 0 Å². The Kier molecular flexibility index (Phi) is 88.3. The Labute approximate surface area is 923 Å². The average Bonchev–Trinajstić information content (AvgIpc) is 1.74. The number of unbranched alkanes of at least 4 members (excludes halogenated alkanes) is 5. The third-order valence-electron chi connectivity index (χ3n) is 25.4. The van der Waals surface area contributed by atoms with Crippen LogP contribution in [0, 0.1) is 107 Å². The lowest BCUT2D eigenvalue weighted by molar-refractivity contribution is 0.465. The lowest BCUT2D eigenvalue weighted by atomic mass is 10.1. The van der Waals surface area contributed by atoms with Crippen LogP contribution in [0.1, 0.15) is 515 Å². The first-order chi connectivity index (χ1) is 69.7. The van der Waals surface area contributed by atoms with Crippen LogP contribution in [0.5, 0.6) is 0 Å². The molecule has 0 radical (unpaired) electrons. The molecule has 9 aromatic heterocycles. The second-order valence-corrected chi connectivity index (χ2v) is 50.0. The fourth-order valence-electron chi connectivity index (χ4n) is 16.2. The van der Waals surface area contributed by atoms with E-state index in [0.717, 1.165) is 234 Å². The van der Waals surface area contributed by atoms with Gasteiger partial charge in [-0.25, -0.2) is 18.7 Å². The molecular weight excluding hydrogens is 1860 g/mol.